The third-order valence-corrected chi connectivity index (χ3v) is 2.29. The number of rotatable bonds is 3. The van der Waals surface area contributed by atoms with Gasteiger partial charge in [-0.1, -0.05) is 0 Å². The summed E-state index contributed by atoms with van der Waals surface area (Å²) in [7, 11) is 3.22. The van der Waals surface area contributed by atoms with Gasteiger partial charge in [-0.15, -0.1) is 0 Å². The van der Waals surface area contributed by atoms with Gasteiger partial charge in [-0.2, -0.15) is 0 Å². The molecule has 1 rings (SSSR count). The fourth-order valence-corrected chi connectivity index (χ4v) is 1.56. The van der Waals surface area contributed by atoms with Crippen LogP contribution in [0.5, 0.6) is 0 Å². The number of carbonyl (C=O) groups is 1. The average Bonchev–Trinajstić information content (AvgIpc) is 2.17. The zero-order valence-corrected chi connectivity index (χ0v) is 8.78. The lowest BCUT2D eigenvalue weighted by Crippen LogP contribution is -2.52. The summed E-state index contributed by atoms with van der Waals surface area (Å²) in [4.78, 5) is 10.9. The van der Waals surface area contributed by atoms with Crippen molar-refractivity contribution < 1.29 is 19.0 Å². The van der Waals surface area contributed by atoms with Gasteiger partial charge in [0.05, 0.1) is 18.8 Å². The van der Waals surface area contributed by atoms with Crippen molar-refractivity contribution in [1.82, 2.24) is 5.32 Å². The van der Waals surface area contributed by atoms with Crippen LogP contribution in [0.25, 0.3) is 0 Å². The Morgan fingerprint density at radius 1 is 1.43 bits per heavy atom. The molecule has 0 aromatic rings. The molecule has 1 fully saturated rings. The lowest BCUT2D eigenvalue weighted by Gasteiger charge is -2.34. The van der Waals surface area contributed by atoms with E-state index in [2.05, 4.69) is 5.32 Å². The Bertz CT molecular complexity index is 197. The number of nitrogens with one attached hydrogen (secondary N) is 1. The molecule has 0 bridgehead atoms. The van der Waals surface area contributed by atoms with Crippen LogP contribution in [-0.4, -0.2) is 45.2 Å². The SMILES string of the molecule is CO[C@H]1C[C@H](OC)[C@@H](NC(C)=O)CO1. The van der Waals surface area contributed by atoms with Gasteiger partial charge >= 0.3 is 0 Å². The number of ether oxygens (including phenoxy) is 3. The monoisotopic (exact) mass is 203 g/mol. The molecular formula is C9H17NO4. The van der Waals surface area contributed by atoms with Gasteiger partial charge in [-0.3, -0.25) is 4.79 Å². The minimum atomic E-state index is -0.232. The van der Waals surface area contributed by atoms with E-state index in [1.165, 1.54) is 6.92 Å². The van der Waals surface area contributed by atoms with Crippen molar-refractivity contribution in [3.63, 3.8) is 0 Å². The maximum atomic E-state index is 10.9. The highest BCUT2D eigenvalue weighted by molar-refractivity contribution is 5.73. The Morgan fingerprint density at radius 3 is 2.64 bits per heavy atom. The second-order valence-electron chi connectivity index (χ2n) is 3.32. The number of hydrogen-bond acceptors (Lipinski definition) is 4. The normalized spacial score (nSPS) is 32.6. The van der Waals surface area contributed by atoms with Gasteiger partial charge in [0.25, 0.3) is 0 Å². The molecule has 0 aliphatic carbocycles. The number of hydrogen-bond donors (Lipinski definition) is 1. The molecule has 5 heteroatoms. The highest BCUT2D eigenvalue weighted by Crippen LogP contribution is 2.17. The van der Waals surface area contributed by atoms with Crippen molar-refractivity contribution in [1.29, 1.82) is 0 Å². The van der Waals surface area contributed by atoms with Gasteiger partial charge in [0, 0.05) is 27.6 Å². The zero-order chi connectivity index (χ0) is 10.6. The van der Waals surface area contributed by atoms with Crippen molar-refractivity contribution in [2.75, 3.05) is 20.8 Å². The van der Waals surface area contributed by atoms with Crippen molar-refractivity contribution in [2.45, 2.75) is 31.8 Å². The summed E-state index contributed by atoms with van der Waals surface area (Å²) in [5, 5.41) is 2.78. The zero-order valence-electron chi connectivity index (χ0n) is 8.78. The molecule has 3 atom stereocenters. The molecule has 0 saturated carbocycles. The van der Waals surface area contributed by atoms with E-state index < -0.39 is 0 Å². The number of carbonyl (C=O) groups excluding carboxylic acids is 1. The number of amides is 1. The highest BCUT2D eigenvalue weighted by Gasteiger charge is 2.31. The Kier molecular flexibility index (Phi) is 4.31. The summed E-state index contributed by atoms with van der Waals surface area (Å²) in [6, 6.07) is -0.0797. The second kappa shape index (κ2) is 5.29. The summed E-state index contributed by atoms with van der Waals surface area (Å²) < 4.78 is 15.7. The molecule has 0 spiro atoms. The fourth-order valence-electron chi connectivity index (χ4n) is 1.56. The van der Waals surface area contributed by atoms with Crippen LogP contribution >= 0.6 is 0 Å². The molecule has 0 aromatic carbocycles. The van der Waals surface area contributed by atoms with E-state index >= 15 is 0 Å². The Labute approximate surface area is 83.7 Å². The predicted octanol–water partition coefficient (Wildman–Crippen LogP) is -0.101. The van der Waals surface area contributed by atoms with Gasteiger partial charge < -0.3 is 19.5 Å². The smallest absolute Gasteiger partial charge is 0.217 e. The summed E-state index contributed by atoms with van der Waals surface area (Å²) in [6.45, 7) is 1.91. The fraction of sp³-hybridized carbons (Fsp3) is 0.889. The van der Waals surface area contributed by atoms with Crippen molar-refractivity contribution in [3.05, 3.63) is 0 Å². The standard InChI is InChI=1S/C9H17NO4/c1-6(11)10-7-5-14-9(13-3)4-8(7)12-2/h7-9H,4-5H2,1-3H3,(H,10,11)/t7-,8-,9+/m0/s1. The highest BCUT2D eigenvalue weighted by atomic mass is 16.7. The third kappa shape index (κ3) is 2.94. The Balaban J connectivity index is 2.47. The molecule has 1 aliphatic rings. The van der Waals surface area contributed by atoms with E-state index in [1.54, 1.807) is 14.2 Å². The second-order valence-corrected chi connectivity index (χ2v) is 3.32. The predicted molar refractivity (Wildman–Crippen MR) is 49.8 cm³/mol. The Hall–Kier alpha value is -0.650. The van der Waals surface area contributed by atoms with Crippen LogP contribution in [0, 0.1) is 0 Å². The molecule has 0 aromatic heterocycles. The van der Waals surface area contributed by atoms with Crippen molar-refractivity contribution in [3.8, 4) is 0 Å². The van der Waals surface area contributed by atoms with Gasteiger partial charge in [0.2, 0.25) is 5.91 Å². The van der Waals surface area contributed by atoms with E-state index in [1.807, 2.05) is 0 Å². The molecule has 0 unspecified atom stereocenters. The molecule has 1 heterocycles. The summed E-state index contributed by atoms with van der Waals surface area (Å²) in [6.07, 6.45) is 0.361. The van der Waals surface area contributed by atoms with Crippen LogP contribution in [0.3, 0.4) is 0 Å². The quantitative estimate of drug-likeness (QED) is 0.696. The molecule has 1 amide bonds. The summed E-state index contributed by atoms with van der Waals surface area (Å²) in [5.41, 5.74) is 0. The molecule has 14 heavy (non-hydrogen) atoms. The number of methoxy groups -OCH3 is 2. The first-order valence-corrected chi connectivity index (χ1v) is 4.61. The van der Waals surface area contributed by atoms with E-state index in [-0.39, 0.29) is 24.3 Å². The molecule has 1 saturated heterocycles. The first kappa shape index (κ1) is 11.4. The van der Waals surface area contributed by atoms with Crippen LogP contribution in [0.2, 0.25) is 0 Å². The molecular weight excluding hydrogens is 186 g/mol. The van der Waals surface area contributed by atoms with Gasteiger partial charge in [0.1, 0.15) is 0 Å². The third-order valence-electron chi connectivity index (χ3n) is 2.29. The van der Waals surface area contributed by atoms with Gasteiger partial charge in [-0.05, 0) is 0 Å². The maximum Gasteiger partial charge on any atom is 0.217 e. The van der Waals surface area contributed by atoms with E-state index in [0.717, 1.165) is 0 Å². The summed E-state index contributed by atoms with van der Waals surface area (Å²) in [5.74, 6) is -0.0727. The minimum absolute atomic E-state index is 0.0439. The van der Waals surface area contributed by atoms with Crippen LogP contribution in [0.1, 0.15) is 13.3 Å². The molecule has 82 valence electrons. The van der Waals surface area contributed by atoms with Crippen LogP contribution in [0.15, 0.2) is 0 Å². The van der Waals surface area contributed by atoms with Crippen LogP contribution < -0.4 is 5.32 Å². The van der Waals surface area contributed by atoms with Crippen molar-refractivity contribution in [2.24, 2.45) is 0 Å². The molecule has 0 radical (unpaired) electrons. The maximum absolute atomic E-state index is 10.9. The van der Waals surface area contributed by atoms with Crippen LogP contribution in [-0.2, 0) is 19.0 Å². The van der Waals surface area contributed by atoms with Crippen molar-refractivity contribution >= 4 is 5.91 Å². The first-order chi connectivity index (χ1) is 6.67. The lowest BCUT2D eigenvalue weighted by molar-refractivity contribution is -0.186. The van der Waals surface area contributed by atoms with Crippen LogP contribution in [0.4, 0.5) is 0 Å². The van der Waals surface area contributed by atoms with Gasteiger partial charge in [-0.25, -0.2) is 0 Å². The van der Waals surface area contributed by atoms with Gasteiger partial charge in [0.15, 0.2) is 6.29 Å². The summed E-state index contributed by atoms with van der Waals surface area (Å²) >= 11 is 0. The minimum Gasteiger partial charge on any atom is -0.379 e. The molecule has 1 aliphatic heterocycles. The average molecular weight is 203 g/mol. The molecule has 5 nitrogen and oxygen atoms in total. The largest absolute Gasteiger partial charge is 0.379 e. The first-order valence-electron chi connectivity index (χ1n) is 4.61. The topological polar surface area (TPSA) is 56.8 Å². The lowest BCUT2D eigenvalue weighted by atomic mass is 10.1. The van der Waals surface area contributed by atoms with E-state index in [4.69, 9.17) is 14.2 Å². The Morgan fingerprint density at radius 2 is 2.14 bits per heavy atom. The molecule has 1 N–H and O–H groups in total. The van der Waals surface area contributed by atoms with E-state index in [0.29, 0.717) is 13.0 Å². The van der Waals surface area contributed by atoms with E-state index in [9.17, 15) is 4.79 Å².